The largest absolute Gasteiger partial charge is 0.439 e. The minimum absolute atomic E-state index is 0.425. The highest BCUT2D eigenvalue weighted by molar-refractivity contribution is 7.82. The Hall–Kier alpha value is -3.07. The highest BCUT2D eigenvalue weighted by atomic mass is 32.2. The number of rotatable bonds is 5. The maximum atomic E-state index is 13.2. The summed E-state index contributed by atoms with van der Waals surface area (Å²) < 4.78 is 20.5. The van der Waals surface area contributed by atoms with Crippen LogP contribution in [0.3, 0.4) is 0 Å². The average molecular weight is 409 g/mol. The van der Waals surface area contributed by atoms with Crippen molar-refractivity contribution >= 4 is 16.9 Å². The molecule has 1 amide bonds. The lowest BCUT2D eigenvalue weighted by molar-refractivity contribution is -0.133. The Balaban J connectivity index is 1.57. The predicted octanol–water partition coefficient (Wildman–Crippen LogP) is 3.00. The van der Waals surface area contributed by atoms with E-state index in [2.05, 4.69) is 4.98 Å². The van der Waals surface area contributed by atoms with Gasteiger partial charge in [0.25, 0.3) is 5.91 Å². The monoisotopic (exact) mass is 409 g/mol. The van der Waals surface area contributed by atoms with Crippen molar-refractivity contribution in [1.29, 1.82) is 0 Å². The van der Waals surface area contributed by atoms with Gasteiger partial charge in [-0.3, -0.25) is 10.0 Å². The van der Waals surface area contributed by atoms with E-state index < -0.39 is 22.9 Å². The summed E-state index contributed by atoms with van der Waals surface area (Å²) >= 11 is 0. The number of ether oxygens (including phenoxy) is 1. The fraction of sp³-hybridized carbons (Fsp3) is 0.143. The number of fused-ring (bicyclic) bond motifs is 1. The lowest BCUT2D eigenvalue weighted by atomic mass is 9.94. The topological polar surface area (TPSA) is 91.8 Å². The standard InChI is InChI=1S/C21H19N3O4S/c25-21(23-26)20-18-6-2-1-5-15(18)12-14-24(20)29(27)17-10-8-16(9-11-17)28-19-7-3-4-13-22-19/h1-11,13,20,26H,12,14H2,(H,23,25). The van der Waals surface area contributed by atoms with Crippen molar-refractivity contribution in [2.45, 2.75) is 17.4 Å². The Morgan fingerprint density at radius 2 is 1.86 bits per heavy atom. The van der Waals surface area contributed by atoms with Gasteiger partial charge in [-0.2, -0.15) is 0 Å². The van der Waals surface area contributed by atoms with Crippen molar-refractivity contribution in [1.82, 2.24) is 14.8 Å². The third kappa shape index (κ3) is 4.04. The van der Waals surface area contributed by atoms with E-state index in [4.69, 9.17) is 4.74 Å². The summed E-state index contributed by atoms with van der Waals surface area (Å²) in [6, 6.07) is 18.8. The van der Waals surface area contributed by atoms with E-state index in [1.807, 2.05) is 30.3 Å². The third-order valence-electron chi connectivity index (χ3n) is 4.70. The molecule has 7 nitrogen and oxygen atoms in total. The number of carbonyl (C=O) groups is 1. The molecule has 3 aromatic rings. The molecule has 1 aliphatic heterocycles. The molecule has 2 atom stereocenters. The number of hydroxylamine groups is 1. The minimum atomic E-state index is -1.59. The number of pyridine rings is 1. The number of nitrogens with zero attached hydrogens (tertiary/aromatic N) is 2. The highest BCUT2D eigenvalue weighted by Gasteiger charge is 2.36. The molecule has 0 spiro atoms. The van der Waals surface area contributed by atoms with Gasteiger partial charge in [0.1, 0.15) is 22.8 Å². The van der Waals surface area contributed by atoms with Gasteiger partial charge in [-0.05, 0) is 47.9 Å². The van der Waals surface area contributed by atoms with Gasteiger partial charge in [0.05, 0.1) is 4.90 Å². The van der Waals surface area contributed by atoms with Gasteiger partial charge in [0.15, 0.2) is 0 Å². The number of hydrogen-bond acceptors (Lipinski definition) is 5. The summed E-state index contributed by atoms with van der Waals surface area (Å²) in [5, 5.41) is 9.21. The quantitative estimate of drug-likeness (QED) is 0.499. The van der Waals surface area contributed by atoms with E-state index in [0.717, 1.165) is 11.1 Å². The second-order valence-electron chi connectivity index (χ2n) is 6.46. The van der Waals surface area contributed by atoms with Crippen molar-refractivity contribution in [3.63, 3.8) is 0 Å². The van der Waals surface area contributed by atoms with Gasteiger partial charge < -0.3 is 4.74 Å². The third-order valence-corrected chi connectivity index (χ3v) is 6.19. The summed E-state index contributed by atoms with van der Waals surface area (Å²) in [6.45, 7) is 0.425. The van der Waals surface area contributed by atoms with E-state index in [-0.39, 0.29) is 0 Å². The van der Waals surface area contributed by atoms with Crippen LogP contribution in [0.2, 0.25) is 0 Å². The number of aromatic nitrogens is 1. The smallest absolute Gasteiger partial charge is 0.266 e. The van der Waals surface area contributed by atoms with Crippen LogP contribution in [-0.2, 0) is 22.2 Å². The number of nitrogens with one attached hydrogen (secondary N) is 1. The van der Waals surface area contributed by atoms with Crippen molar-refractivity contribution in [3.05, 3.63) is 84.1 Å². The maximum Gasteiger partial charge on any atom is 0.266 e. The summed E-state index contributed by atoms with van der Waals surface area (Å²) in [6.07, 6.45) is 2.30. The number of carbonyl (C=O) groups excluding carboxylic acids is 1. The van der Waals surface area contributed by atoms with Crippen molar-refractivity contribution in [2.24, 2.45) is 0 Å². The Kier molecular flexibility index (Phi) is 5.66. The summed E-state index contributed by atoms with van der Waals surface area (Å²) in [5.74, 6) is 0.424. The van der Waals surface area contributed by atoms with Crippen molar-refractivity contribution < 1.29 is 18.9 Å². The van der Waals surface area contributed by atoms with E-state index in [1.165, 1.54) is 0 Å². The molecule has 2 unspecified atom stereocenters. The molecule has 148 valence electrons. The normalized spacial score (nSPS) is 17.2. The first-order valence-corrected chi connectivity index (χ1v) is 10.2. The van der Waals surface area contributed by atoms with Gasteiger partial charge in [0.2, 0.25) is 5.88 Å². The van der Waals surface area contributed by atoms with E-state index >= 15 is 0 Å². The van der Waals surface area contributed by atoms with Crippen LogP contribution >= 0.6 is 0 Å². The molecular formula is C21H19N3O4S. The zero-order valence-electron chi connectivity index (χ0n) is 15.4. The second-order valence-corrected chi connectivity index (χ2v) is 7.90. The van der Waals surface area contributed by atoms with E-state index in [9.17, 15) is 14.2 Å². The molecule has 0 bridgehead atoms. The van der Waals surface area contributed by atoms with Crippen LogP contribution in [0.4, 0.5) is 0 Å². The Morgan fingerprint density at radius 1 is 1.10 bits per heavy atom. The molecule has 0 saturated heterocycles. The molecular weight excluding hydrogens is 390 g/mol. The van der Waals surface area contributed by atoms with E-state index in [1.54, 1.807) is 52.4 Å². The zero-order valence-corrected chi connectivity index (χ0v) is 16.2. The average Bonchev–Trinajstić information content (AvgIpc) is 2.78. The molecule has 0 radical (unpaired) electrons. The van der Waals surface area contributed by atoms with Crippen LogP contribution in [0.15, 0.2) is 77.8 Å². The number of hydrogen-bond donors (Lipinski definition) is 2. The lowest BCUT2D eigenvalue weighted by Crippen LogP contribution is -2.44. The highest BCUT2D eigenvalue weighted by Crippen LogP contribution is 2.33. The number of amides is 1. The summed E-state index contributed by atoms with van der Waals surface area (Å²) in [7, 11) is -1.59. The fourth-order valence-corrected chi connectivity index (χ4v) is 4.64. The predicted molar refractivity (Wildman–Crippen MR) is 107 cm³/mol. The SMILES string of the molecule is O=C(NO)C1c2ccccc2CCN1S(=O)c1ccc(Oc2ccccn2)cc1. The van der Waals surface area contributed by atoms with Gasteiger partial charge in [-0.25, -0.2) is 19.0 Å². The molecule has 1 aromatic heterocycles. The van der Waals surface area contributed by atoms with E-state index in [0.29, 0.717) is 29.5 Å². The first kappa shape index (κ1) is 19.3. The molecule has 2 N–H and O–H groups in total. The Bertz CT molecular complexity index is 1030. The maximum absolute atomic E-state index is 13.2. The molecule has 2 aromatic carbocycles. The fourth-order valence-electron chi connectivity index (χ4n) is 3.34. The molecule has 0 fully saturated rings. The number of benzene rings is 2. The minimum Gasteiger partial charge on any atom is -0.439 e. The zero-order chi connectivity index (χ0) is 20.2. The molecule has 8 heteroatoms. The van der Waals surface area contributed by atoms with Crippen LogP contribution in [0.25, 0.3) is 0 Å². The van der Waals surface area contributed by atoms with Gasteiger partial charge in [0, 0.05) is 18.8 Å². The molecule has 1 aliphatic rings. The van der Waals surface area contributed by atoms with Crippen LogP contribution in [0, 0.1) is 0 Å². The van der Waals surface area contributed by atoms with Crippen LogP contribution < -0.4 is 10.2 Å². The molecule has 4 rings (SSSR count). The lowest BCUT2D eigenvalue weighted by Gasteiger charge is -2.34. The van der Waals surface area contributed by atoms with Crippen LogP contribution in [0.5, 0.6) is 11.6 Å². The summed E-state index contributed by atoms with van der Waals surface area (Å²) in [4.78, 5) is 17.0. The summed E-state index contributed by atoms with van der Waals surface area (Å²) in [5.41, 5.74) is 3.46. The van der Waals surface area contributed by atoms with Crippen LogP contribution in [-0.4, -0.2) is 31.2 Å². The Labute approximate surface area is 170 Å². The molecule has 2 heterocycles. The van der Waals surface area contributed by atoms with Gasteiger partial charge in [-0.15, -0.1) is 0 Å². The Morgan fingerprint density at radius 3 is 2.59 bits per heavy atom. The molecule has 0 aliphatic carbocycles. The van der Waals surface area contributed by atoms with Crippen molar-refractivity contribution in [2.75, 3.05) is 6.54 Å². The van der Waals surface area contributed by atoms with Gasteiger partial charge in [-0.1, -0.05) is 30.3 Å². The first-order chi connectivity index (χ1) is 14.2. The molecule has 0 saturated carbocycles. The van der Waals surface area contributed by atoms with Crippen molar-refractivity contribution in [3.8, 4) is 11.6 Å². The first-order valence-electron chi connectivity index (χ1n) is 9.06. The van der Waals surface area contributed by atoms with Crippen LogP contribution in [0.1, 0.15) is 17.2 Å². The second kappa shape index (κ2) is 8.52. The molecule has 29 heavy (non-hydrogen) atoms. The van der Waals surface area contributed by atoms with Gasteiger partial charge >= 0.3 is 0 Å².